The molecule has 0 heterocycles. The van der Waals surface area contributed by atoms with E-state index in [9.17, 15) is 0 Å². The van der Waals surface area contributed by atoms with Gasteiger partial charge in [-0.3, -0.25) is 0 Å². The van der Waals surface area contributed by atoms with Gasteiger partial charge in [-0.05, 0) is 62.5 Å². The highest BCUT2D eigenvalue weighted by molar-refractivity contribution is 14.1. The van der Waals surface area contributed by atoms with Crippen LogP contribution in [0.1, 0.15) is 22.6 Å². The summed E-state index contributed by atoms with van der Waals surface area (Å²) < 4.78 is 1.28. The van der Waals surface area contributed by atoms with Gasteiger partial charge in [0.15, 0.2) is 0 Å². The van der Waals surface area contributed by atoms with Crippen LogP contribution in [0, 0.1) is 3.57 Å². The van der Waals surface area contributed by atoms with E-state index >= 15 is 0 Å². The molecule has 3 aromatic carbocycles. The zero-order valence-corrected chi connectivity index (χ0v) is 13.0. The minimum Gasteiger partial charge on any atom is -0.0619 e. The van der Waals surface area contributed by atoms with Crippen LogP contribution in [0.5, 0.6) is 0 Å². The Balaban J connectivity index is 1.97. The Morgan fingerprint density at radius 3 is 1.65 bits per heavy atom. The minimum absolute atomic E-state index is 0.374. The van der Waals surface area contributed by atoms with Crippen molar-refractivity contribution in [1.29, 1.82) is 0 Å². The van der Waals surface area contributed by atoms with Crippen molar-refractivity contribution in [2.45, 2.75) is 5.92 Å². The van der Waals surface area contributed by atoms with Crippen LogP contribution in [-0.4, -0.2) is 0 Å². The first-order valence-electron chi connectivity index (χ1n) is 6.78. The summed E-state index contributed by atoms with van der Waals surface area (Å²) in [6.07, 6.45) is 0. The number of benzene rings is 3. The normalized spacial score (nSPS) is 13.1. The summed E-state index contributed by atoms with van der Waals surface area (Å²) in [4.78, 5) is 0. The van der Waals surface area contributed by atoms with Gasteiger partial charge in [-0.1, -0.05) is 60.7 Å². The van der Waals surface area contributed by atoms with Gasteiger partial charge in [0.05, 0.1) is 0 Å². The van der Waals surface area contributed by atoms with Crippen LogP contribution in [0.2, 0.25) is 0 Å². The maximum absolute atomic E-state index is 2.36. The predicted molar refractivity (Wildman–Crippen MR) is 92.0 cm³/mol. The van der Waals surface area contributed by atoms with Crippen molar-refractivity contribution in [1.82, 2.24) is 0 Å². The first-order chi connectivity index (χ1) is 9.84. The van der Waals surface area contributed by atoms with Gasteiger partial charge >= 0.3 is 0 Å². The lowest BCUT2D eigenvalue weighted by atomic mass is 9.89. The molecule has 0 atom stereocenters. The van der Waals surface area contributed by atoms with Gasteiger partial charge in [0.25, 0.3) is 0 Å². The van der Waals surface area contributed by atoms with Crippen molar-refractivity contribution in [2.75, 3.05) is 0 Å². The number of halogens is 1. The van der Waals surface area contributed by atoms with Crippen molar-refractivity contribution in [3.63, 3.8) is 0 Å². The Bertz CT molecular complexity index is 726. The number of hydrogen-bond acceptors (Lipinski definition) is 0. The molecule has 96 valence electrons. The predicted octanol–water partition coefficient (Wildman–Crippen LogP) is 5.45. The van der Waals surface area contributed by atoms with Gasteiger partial charge in [-0.15, -0.1) is 0 Å². The monoisotopic (exact) mass is 368 g/mol. The van der Waals surface area contributed by atoms with Crippen molar-refractivity contribution in [3.05, 3.63) is 93.1 Å². The summed E-state index contributed by atoms with van der Waals surface area (Å²) in [6, 6.07) is 26.4. The molecule has 0 nitrogen and oxygen atoms in total. The molecule has 0 spiro atoms. The molecule has 0 bridgehead atoms. The second kappa shape index (κ2) is 4.74. The van der Waals surface area contributed by atoms with E-state index in [1.54, 1.807) is 0 Å². The Morgan fingerprint density at radius 2 is 1.10 bits per heavy atom. The average Bonchev–Trinajstić information content (AvgIpc) is 2.83. The molecular weight excluding hydrogens is 355 g/mol. The second-order valence-corrected chi connectivity index (χ2v) is 6.40. The number of hydrogen-bond donors (Lipinski definition) is 0. The van der Waals surface area contributed by atoms with E-state index < -0.39 is 0 Å². The molecule has 1 heteroatoms. The summed E-state index contributed by atoms with van der Waals surface area (Å²) in [7, 11) is 0. The topological polar surface area (TPSA) is 0 Å². The third kappa shape index (κ3) is 1.80. The molecule has 0 aromatic heterocycles. The van der Waals surface area contributed by atoms with E-state index in [0.717, 1.165) is 0 Å². The smallest absolute Gasteiger partial charge is 0.0352 e. The molecular formula is C19H13I. The molecule has 1 aliphatic carbocycles. The highest BCUT2D eigenvalue weighted by Gasteiger charge is 2.28. The van der Waals surface area contributed by atoms with Gasteiger partial charge in [0.2, 0.25) is 0 Å². The summed E-state index contributed by atoms with van der Waals surface area (Å²) in [5.41, 5.74) is 6.99. The lowest BCUT2D eigenvalue weighted by Crippen LogP contribution is -1.98. The fourth-order valence-electron chi connectivity index (χ4n) is 3.17. The lowest BCUT2D eigenvalue weighted by molar-refractivity contribution is 1.01. The molecule has 3 aromatic rings. The molecule has 0 saturated carbocycles. The van der Waals surface area contributed by atoms with E-state index in [-0.39, 0.29) is 0 Å². The van der Waals surface area contributed by atoms with E-state index in [0.29, 0.717) is 5.92 Å². The van der Waals surface area contributed by atoms with Gasteiger partial charge < -0.3 is 0 Å². The minimum atomic E-state index is 0.374. The van der Waals surface area contributed by atoms with Crippen LogP contribution >= 0.6 is 22.6 Å². The fraction of sp³-hybridized carbons (Fsp3) is 0.0526. The van der Waals surface area contributed by atoms with Crippen LogP contribution in [0.15, 0.2) is 72.8 Å². The molecule has 0 amide bonds. The molecule has 0 radical (unpaired) electrons. The van der Waals surface area contributed by atoms with E-state index in [2.05, 4.69) is 95.4 Å². The SMILES string of the molecule is Ic1ccc(C2c3ccccc3-c3ccccc32)cc1. The number of rotatable bonds is 1. The standard InChI is InChI=1S/C19H13I/c20-14-11-9-13(10-12-14)19-17-7-3-1-5-15(17)16-6-2-4-8-18(16)19/h1-12,19H. The molecule has 0 fully saturated rings. The second-order valence-electron chi connectivity index (χ2n) is 5.16. The van der Waals surface area contributed by atoms with Crippen molar-refractivity contribution >= 4 is 22.6 Å². The zero-order chi connectivity index (χ0) is 13.5. The molecule has 0 unspecified atom stereocenters. The summed E-state index contributed by atoms with van der Waals surface area (Å²) in [5.74, 6) is 0.374. The van der Waals surface area contributed by atoms with Gasteiger partial charge in [-0.2, -0.15) is 0 Å². The lowest BCUT2D eigenvalue weighted by Gasteiger charge is -2.14. The van der Waals surface area contributed by atoms with E-state index in [4.69, 9.17) is 0 Å². The molecule has 4 rings (SSSR count). The van der Waals surface area contributed by atoms with Crippen LogP contribution in [0.4, 0.5) is 0 Å². The maximum Gasteiger partial charge on any atom is 0.0352 e. The summed E-state index contributed by atoms with van der Waals surface area (Å²) >= 11 is 2.36. The molecule has 1 aliphatic rings. The van der Waals surface area contributed by atoms with E-state index in [1.165, 1.54) is 31.4 Å². The molecule has 20 heavy (non-hydrogen) atoms. The summed E-state index contributed by atoms with van der Waals surface area (Å²) in [6.45, 7) is 0. The highest BCUT2D eigenvalue weighted by Crippen LogP contribution is 2.47. The maximum atomic E-state index is 2.36. The molecule has 0 saturated heterocycles. The van der Waals surface area contributed by atoms with Gasteiger partial charge in [0, 0.05) is 9.49 Å². The molecule has 0 aliphatic heterocycles. The highest BCUT2D eigenvalue weighted by atomic mass is 127. The van der Waals surface area contributed by atoms with Crippen LogP contribution < -0.4 is 0 Å². The van der Waals surface area contributed by atoms with Crippen molar-refractivity contribution in [2.24, 2.45) is 0 Å². The Labute approximate surface area is 132 Å². The molecule has 0 N–H and O–H groups in total. The van der Waals surface area contributed by atoms with E-state index in [1.807, 2.05) is 0 Å². The first kappa shape index (κ1) is 12.2. The Morgan fingerprint density at radius 1 is 0.600 bits per heavy atom. The fourth-order valence-corrected chi connectivity index (χ4v) is 3.53. The first-order valence-corrected chi connectivity index (χ1v) is 7.86. The van der Waals surface area contributed by atoms with Crippen LogP contribution in [0.3, 0.4) is 0 Å². The quantitative estimate of drug-likeness (QED) is 0.392. The third-order valence-electron chi connectivity index (χ3n) is 4.04. The Hall–Kier alpha value is -1.61. The van der Waals surface area contributed by atoms with Crippen LogP contribution in [-0.2, 0) is 0 Å². The Kier molecular flexibility index (Phi) is 2.88. The van der Waals surface area contributed by atoms with Gasteiger partial charge in [-0.25, -0.2) is 0 Å². The van der Waals surface area contributed by atoms with Crippen LogP contribution in [0.25, 0.3) is 11.1 Å². The zero-order valence-electron chi connectivity index (χ0n) is 10.9. The van der Waals surface area contributed by atoms with Crippen molar-refractivity contribution in [3.8, 4) is 11.1 Å². The van der Waals surface area contributed by atoms with Gasteiger partial charge in [0.1, 0.15) is 0 Å². The summed E-state index contributed by atoms with van der Waals surface area (Å²) in [5, 5.41) is 0. The largest absolute Gasteiger partial charge is 0.0619 e. The van der Waals surface area contributed by atoms with Crippen molar-refractivity contribution < 1.29 is 0 Å². The third-order valence-corrected chi connectivity index (χ3v) is 4.76. The average molecular weight is 368 g/mol. The number of fused-ring (bicyclic) bond motifs is 3.